The molecule has 1 N–H and O–H groups in total. The van der Waals surface area contributed by atoms with Gasteiger partial charge < -0.3 is 9.53 Å². The highest BCUT2D eigenvalue weighted by Crippen LogP contribution is 2.48. The molecule has 1 aliphatic carbocycles. The number of unbranched alkanes of at least 4 members (excludes halogenated alkanes) is 1. The van der Waals surface area contributed by atoms with E-state index in [2.05, 4.69) is 53.3 Å². The summed E-state index contributed by atoms with van der Waals surface area (Å²) in [6, 6.07) is 0. The van der Waals surface area contributed by atoms with Crippen LogP contribution in [0.4, 0.5) is 0 Å². The van der Waals surface area contributed by atoms with E-state index in [4.69, 9.17) is 10.8 Å². The summed E-state index contributed by atoms with van der Waals surface area (Å²) in [5.74, 6) is 3.02. The lowest BCUT2D eigenvalue weighted by Crippen LogP contribution is -2.51. The lowest BCUT2D eigenvalue weighted by Gasteiger charge is -2.48. The van der Waals surface area contributed by atoms with Gasteiger partial charge in [0.1, 0.15) is 0 Å². The largest absolute Gasteiger partial charge is 0.416 e. The smallest absolute Gasteiger partial charge is 0.192 e. The van der Waals surface area contributed by atoms with Crippen molar-refractivity contribution in [2.45, 2.75) is 84.0 Å². The minimum atomic E-state index is -1.83. The first kappa shape index (κ1) is 20.5. The van der Waals surface area contributed by atoms with Crippen molar-refractivity contribution in [3.8, 4) is 12.3 Å². The van der Waals surface area contributed by atoms with Gasteiger partial charge in [0.15, 0.2) is 8.32 Å². The second kappa shape index (κ2) is 7.55. The average Bonchev–Trinajstić information content (AvgIpc) is 2.44. The SMILES string of the molecule is C#CCCCC1C(=C)CC[C@H](O)[C@@]1(C)CO[Si](C)(C)C(C)(C)C. The van der Waals surface area contributed by atoms with Crippen LogP contribution < -0.4 is 0 Å². The molecule has 0 aromatic rings. The molecular weight excluding hydrogens is 300 g/mol. The molecule has 1 rings (SSSR count). The number of hydrogen-bond acceptors (Lipinski definition) is 2. The van der Waals surface area contributed by atoms with E-state index in [1.54, 1.807) is 0 Å². The van der Waals surface area contributed by atoms with Crippen molar-refractivity contribution < 1.29 is 9.53 Å². The number of terminal acetylenes is 1. The van der Waals surface area contributed by atoms with Crippen LogP contribution in [0.15, 0.2) is 12.2 Å². The minimum absolute atomic E-state index is 0.180. The standard InChI is InChI=1S/C20H36O2Si/c1-9-10-11-12-17-16(2)13-14-18(21)20(17,6)15-22-23(7,8)19(3,4)5/h1,17-18,21H,2,10-15H2,3-8H3/t17?,18-,20-/m0/s1. The third-order valence-electron chi connectivity index (χ3n) is 6.15. The first-order valence-corrected chi connectivity index (χ1v) is 11.8. The van der Waals surface area contributed by atoms with Crippen molar-refractivity contribution >= 4 is 8.32 Å². The molecule has 3 atom stereocenters. The van der Waals surface area contributed by atoms with E-state index in [-0.39, 0.29) is 16.6 Å². The summed E-state index contributed by atoms with van der Waals surface area (Å²) in [4.78, 5) is 0. The molecule has 0 radical (unpaired) electrons. The number of hydrogen-bond donors (Lipinski definition) is 1. The predicted molar refractivity (Wildman–Crippen MR) is 102 cm³/mol. The van der Waals surface area contributed by atoms with Gasteiger partial charge in [-0.3, -0.25) is 0 Å². The van der Waals surface area contributed by atoms with Gasteiger partial charge in [-0.05, 0) is 49.7 Å². The van der Waals surface area contributed by atoms with Gasteiger partial charge in [0.2, 0.25) is 0 Å². The van der Waals surface area contributed by atoms with Crippen LogP contribution in [-0.2, 0) is 4.43 Å². The van der Waals surface area contributed by atoms with Crippen LogP contribution in [-0.4, -0.2) is 26.1 Å². The Hall–Kier alpha value is -0.563. The summed E-state index contributed by atoms with van der Waals surface area (Å²) < 4.78 is 6.49. The fourth-order valence-electron chi connectivity index (χ4n) is 3.22. The van der Waals surface area contributed by atoms with Crippen molar-refractivity contribution in [2.75, 3.05) is 6.61 Å². The highest BCUT2D eigenvalue weighted by molar-refractivity contribution is 6.74. The molecule has 0 bridgehead atoms. The fourth-order valence-corrected chi connectivity index (χ4v) is 4.32. The van der Waals surface area contributed by atoms with Crippen LogP contribution in [0.1, 0.15) is 59.8 Å². The molecule has 0 heterocycles. The lowest BCUT2D eigenvalue weighted by molar-refractivity contribution is -0.0536. The number of aliphatic hydroxyl groups excluding tert-OH is 1. The predicted octanol–water partition coefficient (Wildman–Crippen LogP) is 5.15. The van der Waals surface area contributed by atoms with Crippen molar-refractivity contribution in [3.63, 3.8) is 0 Å². The Balaban J connectivity index is 2.91. The second-order valence-electron chi connectivity index (χ2n) is 8.92. The summed E-state index contributed by atoms with van der Waals surface area (Å²) in [5, 5.41) is 10.9. The molecule has 1 saturated carbocycles. The van der Waals surface area contributed by atoms with Gasteiger partial charge in [-0.15, -0.1) is 12.3 Å². The second-order valence-corrected chi connectivity index (χ2v) is 13.7. The molecule has 0 aliphatic heterocycles. The van der Waals surface area contributed by atoms with Gasteiger partial charge in [-0.1, -0.05) is 39.8 Å². The lowest BCUT2D eigenvalue weighted by atomic mass is 9.62. The fraction of sp³-hybridized carbons (Fsp3) is 0.800. The zero-order valence-corrected chi connectivity index (χ0v) is 17.0. The molecule has 0 saturated heterocycles. The number of rotatable bonds is 6. The van der Waals surface area contributed by atoms with Crippen molar-refractivity contribution in [1.29, 1.82) is 0 Å². The van der Waals surface area contributed by atoms with Crippen molar-refractivity contribution in [2.24, 2.45) is 11.3 Å². The Morgan fingerprint density at radius 2 is 2.04 bits per heavy atom. The van der Waals surface area contributed by atoms with Crippen molar-refractivity contribution in [1.82, 2.24) is 0 Å². The van der Waals surface area contributed by atoms with E-state index in [1.807, 2.05) is 0 Å². The van der Waals surface area contributed by atoms with E-state index < -0.39 is 8.32 Å². The molecule has 0 aromatic heterocycles. The van der Waals surface area contributed by atoms with E-state index >= 15 is 0 Å². The Labute approximate surface area is 144 Å². The summed E-state index contributed by atoms with van der Waals surface area (Å²) in [7, 11) is -1.83. The number of aliphatic hydroxyl groups is 1. The van der Waals surface area contributed by atoms with E-state index in [1.165, 1.54) is 5.57 Å². The van der Waals surface area contributed by atoms with Gasteiger partial charge in [-0.25, -0.2) is 0 Å². The summed E-state index contributed by atoms with van der Waals surface area (Å²) in [6.45, 7) is 18.4. The molecule has 3 heteroatoms. The van der Waals surface area contributed by atoms with E-state index in [0.29, 0.717) is 12.5 Å². The summed E-state index contributed by atoms with van der Waals surface area (Å²) in [6.07, 6.45) is 9.56. The van der Waals surface area contributed by atoms with Gasteiger partial charge >= 0.3 is 0 Å². The minimum Gasteiger partial charge on any atom is -0.416 e. The molecule has 1 unspecified atom stereocenters. The first-order valence-electron chi connectivity index (χ1n) is 8.89. The van der Waals surface area contributed by atoms with Crippen LogP contribution in [0.2, 0.25) is 18.1 Å². The first-order chi connectivity index (χ1) is 10.5. The highest BCUT2D eigenvalue weighted by atomic mass is 28.4. The molecular formula is C20H36O2Si. The Kier molecular flexibility index (Phi) is 6.72. The zero-order valence-electron chi connectivity index (χ0n) is 16.0. The summed E-state index contributed by atoms with van der Waals surface area (Å²) in [5.41, 5.74) is 1.01. The molecule has 0 aromatic carbocycles. The van der Waals surface area contributed by atoms with Gasteiger partial charge in [-0.2, -0.15) is 0 Å². The van der Waals surface area contributed by atoms with Crippen LogP contribution in [0.25, 0.3) is 0 Å². The van der Waals surface area contributed by atoms with Gasteiger partial charge in [0, 0.05) is 18.4 Å². The maximum absolute atomic E-state index is 10.7. The van der Waals surface area contributed by atoms with Gasteiger partial charge in [0.25, 0.3) is 0 Å². The van der Waals surface area contributed by atoms with Crippen molar-refractivity contribution in [3.05, 3.63) is 12.2 Å². The molecule has 0 amide bonds. The van der Waals surface area contributed by atoms with Crippen LogP contribution in [0.5, 0.6) is 0 Å². The number of allylic oxidation sites excluding steroid dienone is 1. The molecule has 23 heavy (non-hydrogen) atoms. The van der Waals surface area contributed by atoms with Crippen LogP contribution in [0, 0.1) is 23.7 Å². The Bertz CT molecular complexity index is 455. The third-order valence-corrected chi connectivity index (χ3v) is 10.6. The monoisotopic (exact) mass is 336 g/mol. The quantitative estimate of drug-likeness (QED) is 0.315. The Morgan fingerprint density at radius 3 is 2.57 bits per heavy atom. The molecule has 1 fully saturated rings. The topological polar surface area (TPSA) is 29.5 Å². The zero-order chi connectivity index (χ0) is 17.9. The maximum atomic E-state index is 10.7. The van der Waals surface area contributed by atoms with Crippen LogP contribution in [0.3, 0.4) is 0 Å². The summed E-state index contributed by atoms with van der Waals surface area (Å²) >= 11 is 0. The third kappa shape index (κ3) is 4.72. The van der Waals surface area contributed by atoms with E-state index in [0.717, 1.165) is 32.1 Å². The molecule has 0 spiro atoms. The van der Waals surface area contributed by atoms with Gasteiger partial charge in [0.05, 0.1) is 6.10 Å². The molecule has 132 valence electrons. The Morgan fingerprint density at radius 1 is 1.43 bits per heavy atom. The van der Waals surface area contributed by atoms with Crippen LogP contribution >= 0.6 is 0 Å². The van der Waals surface area contributed by atoms with E-state index in [9.17, 15) is 5.11 Å². The highest BCUT2D eigenvalue weighted by Gasteiger charge is 2.47. The molecule has 2 nitrogen and oxygen atoms in total. The molecule has 1 aliphatic rings. The maximum Gasteiger partial charge on any atom is 0.192 e. The average molecular weight is 337 g/mol. The normalized spacial score (nSPS) is 29.4.